The number of hydrogen-bond acceptors (Lipinski definition) is 6. The normalized spacial score (nSPS) is 38.7. The summed E-state index contributed by atoms with van der Waals surface area (Å²) in [5, 5.41) is 29.0. The summed E-state index contributed by atoms with van der Waals surface area (Å²) in [4.78, 5) is 0. The van der Waals surface area contributed by atoms with Gasteiger partial charge in [0, 0.05) is 13.7 Å². The molecule has 1 heterocycles. The van der Waals surface area contributed by atoms with Gasteiger partial charge in [-0.2, -0.15) is 0 Å². The Hall–Kier alpha value is -0.240. The molecular weight excluding hydrogens is 240 g/mol. The predicted molar refractivity (Wildman–Crippen MR) is 64.0 cm³/mol. The molecule has 1 aliphatic heterocycles. The second-order valence-electron chi connectivity index (χ2n) is 4.80. The number of rotatable bonds is 6. The summed E-state index contributed by atoms with van der Waals surface area (Å²) in [7, 11) is 1.37. The molecule has 0 amide bonds. The van der Waals surface area contributed by atoms with Crippen molar-refractivity contribution in [3.63, 3.8) is 0 Å². The van der Waals surface area contributed by atoms with Gasteiger partial charge in [0.25, 0.3) is 0 Å². The number of aliphatic hydroxyl groups is 3. The van der Waals surface area contributed by atoms with Gasteiger partial charge in [-0.1, -0.05) is 20.3 Å². The minimum Gasteiger partial charge on any atom is -0.387 e. The van der Waals surface area contributed by atoms with Gasteiger partial charge >= 0.3 is 0 Å². The molecule has 0 radical (unpaired) electrons. The fourth-order valence-electron chi connectivity index (χ4n) is 1.75. The van der Waals surface area contributed by atoms with Crippen molar-refractivity contribution in [2.45, 2.75) is 51.0 Å². The second kappa shape index (κ2) is 7.37. The van der Waals surface area contributed by atoms with Crippen LogP contribution in [0.15, 0.2) is 0 Å². The van der Waals surface area contributed by atoms with Gasteiger partial charge in [-0.05, 0) is 5.92 Å². The van der Waals surface area contributed by atoms with Gasteiger partial charge in [-0.15, -0.1) is 0 Å². The van der Waals surface area contributed by atoms with Crippen molar-refractivity contribution in [3.8, 4) is 0 Å². The first-order valence-corrected chi connectivity index (χ1v) is 6.31. The van der Waals surface area contributed by atoms with Crippen molar-refractivity contribution in [2.24, 2.45) is 5.92 Å². The fraction of sp³-hybridized carbons (Fsp3) is 1.00. The molecular formula is C12H24O6. The lowest BCUT2D eigenvalue weighted by Gasteiger charge is -2.39. The number of methoxy groups -OCH3 is 1. The largest absolute Gasteiger partial charge is 0.387 e. The Kier molecular flexibility index (Phi) is 6.48. The molecule has 0 saturated carbocycles. The van der Waals surface area contributed by atoms with Crippen LogP contribution in [0.4, 0.5) is 0 Å². The Bertz CT molecular complexity index is 235. The van der Waals surface area contributed by atoms with E-state index in [1.807, 2.05) is 0 Å². The summed E-state index contributed by atoms with van der Waals surface area (Å²) in [6, 6.07) is 0. The molecule has 6 atom stereocenters. The molecule has 4 unspecified atom stereocenters. The van der Waals surface area contributed by atoms with Crippen LogP contribution < -0.4 is 0 Å². The van der Waals surface area contributed by atoms with E-state index in [1.165, 1.54) is 7.11 Å². The van der Waals surface area contributed by atoms with Crippen LogP contribution in [0.2, 0.25) is 0 Å². The van der Waals surface area contributed by atoms with Gasteiger partial charge in [0.2, 0.25) is 0 Å². The van der Waals surface area contributed by atoms with Gasteiger partial charge in [-0.3, -0.25) is 0 Å². The van der Waals surface area contributed by atoms with E-state index >= 15 is 0 Å². The molecule has 0 aromatic heterocycles. The van der Waals surface area contributed by atoms with E-state index in [0.717, 1.165) is 6.42 Å². The van der Waals surface area contributed by atoms with Crippen LogP contribution in [0, 0.1) is 5.92 Å². The minimum absolute atomic E-state index is 0.162. The Labute approximate surface area is 107 Å². The average Bonchev–Trinajstić information content (AvgIpc) is 2.38. The van der Waals surface area contributed by atoms with Crippen LogP contribution in [0.25, 0.3) is 0 Å². The molecule has 6 nitrogen and oxygen atoms in total. The van der Waals surface area contributed by atoms with Crippen molar-refractivity contribution in [1.82, 2.24) is 0 Å². The topological polar surface area (TPSA) is 88.4 Å². The van der Waals surface area contributed by atoms with E-state index in [-0.39, 0.29) is 6.61 Å². The van der Waals surface area contributed by atoms with Crippen molar-refractivity contribution in [2.75, 3.05) is 20.3 Å². The highest BCUT2D eigenvalue weighted by Gasteiger charge is 2.43. The molecule has 0 aliphatic carbocycles. The maximum Gasteiger partial charge on any atom is 0.186 e. The van der Waals surface area contributed by atoms with Crippen molar-refractivity contribution < 1.29 is 29.5 Å². The van der Waals surface area contributed by atoms with Crippen molar-refractivity contribution in [3.05, 3.63) is 0 Å². The quantitative estimate of drug-likeness (QED) is 0.599. The summed E-state index contributed by atoms with van der Waals surface area (Å²) < 4.78 is 15.7. The Morgan fingerprint density at radius 2 is 1.83 bits per heavy atom. The van der Waals surface area contributed by atoms with Gasteiger partial charge < -0.3 is 29.5 Å². The smallest absolute Gasteiger partial charge is 0.186 e. The SMILES string of the molecule is CCC(C)COCC1O[C@H](OC)C(O)C(O)[C@H]1O. The lowest BCUT2D eigenvalue weighted by molar-refractivity contribution is -0.296. The minimum atomic E-state index is -1.29. The first kappa shape index (κ1) is 15.8. The Morgan fingerprint density at radius 3 is 2.39 bits per heavy atom. The Morgan fingerprint density at radius 1 is 1.17 bits per heavy atom. The molecule has 1 fully saturated rings. The first-order chi connectivity index (χ1) is 8.51. The lowest BCUT2D eigenvalue weighted by atomic mass is 9.99. The maximum absolute atomic E-state index is 9.77. The highest BCUT2D eigenvalue weighted by Crippen LogP contribution is 2.22. The average molecular weight is 264 g/mol. The standard InChI is InChI=1S/C12H24O6/c1-4-7(2)5-17-6-8-9(13)10(14)11(15)12(16-3)18-8/h7-15H,4-6H2,1-3H3/t7?,8?,9-,10?,11?,12-/m0/s1. The van der Waals surface area contributed by atoms with Crippen molar-refractivity contribution >= 4 is 0 Å². The highest BCUT2D eigenvalue weighted by atomic mass is 16.7. The van der Waals surface area contributed by atoms with E-state index in [9.17, 15) is 15.3 Å². The molecule has 6 heteroatoms. The number of ether oxygens (including phenoxy) is 3. The zero-order valence-corrected chi connectivity index (χ0v) is 11.2. The molecule has 1 aliphatic rings. The third-order valence-electron chi connectivity index (χ3n) is 3.28. The van der Waals surface area contributed by atoms with Crippen LogP contribution in [0.3, 0.4) is 0 Å². The van der Waals surface area contributed by atoms with Gasteiger partial charge in [-0.25, -0.2) is 0 Å². The molecule has 1 rings (SSSR count). The van der Waals surface area contributed by atoms with E-state index in [0.29, 0.717) is 12.5 Å². The third-order valence-corrected chi connectivity index (χ3v) is 3.28. The molecule has 3 N–H and O–H groups in total. The van der Waals surface area contributed by atoms with Gasteiger partial charge in [0.05, 0.1) is 6.61 Å². The molecule has 1 saturated heterocycles. The van der Waals surface area contributed by atoms with Crippen LogP contribution >= 0.6 is 0 Å². The van der Waals surface area contributed by atoms with E-state index in [2.05, 4.69) is 13.8 Å². The van der Waals surface area contributed by atoms with Crippen LogP contribution in [0.1, 0.15) is 20.3 Å². The zero-order valence-electron chi connectivity index (χ0n) is 11.2. The monoisotopic (exact) mass is 264 g/mol. The summed E-state index contributed by atoms with van der Waals surface area (Å²) in [5.41, 5.74) is 0. The maximum atomic E-state index is 9.77. The summed E-state index contributed by atoms with van der Waals surface area (Å²) in [6.45, 7) is 4.87. The molecule has 0 spiro atoms. The van der Waals surface area contributed by atoms with Crippen LogP contribution in [0.5, 0.6) is 0 Å². The summed E-state index contributed by atoms with van der Waals surface area (Å²) in [5.74, 6) is 0.430. The molecule has 108 valence electrons. The van der Waals surface area contributed by atoms with Gasteiger partial charge in [0.1, 0.15) is 24.4 Å². The Balaban J connectivity index is 2.44. The highest BCUT2D eigenvalue weighted by molar-refractivity contribution is 4.88. The molecule has 0 aromatic rings. The molecule has 0 aromatic carbocycles. The third kappa shape index (κ3) is 3.88. The molecule has 0 bridgehead atoms. The number of hydrogen-bond donors (Lipinski definition) is 3. The lowest BCUT2D eigenvalue weighted by Crippen LogP contribution is -2.59. The predicted octanol–water partition coefficient (Wildman–Crippen LogP) is -0.497. The van der Waals surface area contributed by atoms with Gasteiger partial charge in [0.15, 0.2) is 6.29 Å². The number of aliphatic hydroxyl groups excluding tert-OH is 3. The zero-order chi connectivity index (χ0) is 13.7. The second-order valence-corrected chi connectivity index (χ2v) is 4.80. The van der Waals surface area contributed by atoms with E-state index < -0.39 is 30.7 Å². The van der Waals surface area contributed by atoms with E-state index in [4.69, 9.17) is 14.2 Å². The van der Waals surface area contributed by atoms with Crippen LogP contribution in [-0.4, -0.2) is 66.3 Å². The van der Waals surface area contributed by atoms with E-state index in [1.54, 1.807) is 0 Å². The first-order valence-electron chi connectivity index (χ1n) is 6.31. The van der Waals surface area contributed by atoms with Crippen LogP contribution in [-0.2, 0) is 14.2 Å². The van der Waals surface area contributed by atoms with Crippen molar-refractivity contribution in [1.29, 1.82) is 0 Å². The molecule has 18 heavy (non-hydrogen) atoms. The summed E-state index contributed by atoms with van der Waals surface area (Å²) in [6.07, 6.45) is -4.35. The summed E-state index contributed by atoms with van der Waals surface area (Å²) >= 11 is 0. The fourth-order valence-corrected chi connectivity index (χ4v) is 1.75.